The Morgan fingerprint density at radius 3 is 2.50 bits per heavy atom. The van der Waals surface area contributed by atoms with Crippen molar-refractivity contribution in [2.45, 2.75) is 51.1 Å². The van der Waals surface area contributed by atoms with Crippen molar-refractivity contribution < 1.29 is 4.79 Å². The van der Waals surface area contributed by atoms with Crippen LogP contribution in [0.3, 0.4) is 0 Å². The first-order valence-corrected chi connectivity index (χ1v) is 10.2. The molecule has 1 N–H and O–H groups in total. The molecule has 0 radical (unpaired) electrons. The Bertz CT molecular complexity index is 1090. The van der Waals surface area contributed by atoms with E-state index in [2.05, 4.69) is 5.32 Å². The fourth-order valence-electron chi connectivity index (χ4n) is 3.07. The first-order valence-electron chi connectivity index (χ1n) is 9.34. The lowest BCUT2D eigenvalue weighted by Gasteiger charge is -2.18. The zero-order chi connectivity index (χ0) is 20.4. The van der Waals surface area contributed by atoms with Crippen LogP contribution in [0.5, 0.6) is 0 Å². The predicted octanol–water partition coefficient (Wildman–Crippen LogP) is 4.01. The van der Waals surface area contributed by atoms with Gasteiger partial charge >= 0.3 is 0 Å². The van der Waals surface area contributed by atoms with Crippen LogP contribution in [0.4, 0.5) is 0 Å². The van der Waals surface area contributed by atoms with Crippen LogP contribution in [0.15, 0.2) is 52.4 Å². The van der Waals surface area contributed by atoms with Gasteiger partial charge < -0.3 is 5.32 Å². The summed E-state index contributed by atoms with van der Waals surface area (Å²) < 4.78 is 1.63. The number of carbonyl (C=O) groups is 1. The third-order valence-electron chi connectivity index (χ3n) is 4.42. The van der Waals surface area contributed by atoms with Crippen molar-refractivity contribution in [2.75, 3.05) is 0 Å². The highest BCUT2D eigenvalue weighted by atomic mass is 32.2. The highest BCUT2D eigenvalue weighted by molar-refractivity contribution is 8.00. The molecule has 0 saturated carbocycles. The van der Waals surface area contributed by atoms with Crippen molar-refractivity contribution in [3.05, 3.63) is 63.9 Å². The molecule has 5 nitrogen and oxygen atoms in total. The number of para-hydroxylation sites is 1. The summed E-state index contributed by atoms with van der Waals surface area (Å²) in [6.45, 7) is 9.68. The van der Waals surface area contributed by atoms with E-state index in [1.54, 1.807) is 10.6 Å². The molecule has 6 heteroatoms. The fourth-order valence-corrected chi connectivity index (χ4v) is 4.00. The number of benzene rings is 2. The molecule has 28 heavy (non-hydrogen) atoms. The first-order chi connectivity index (χ1) is 13.3. The van der Waals surface area contributed by atoms with Crippen LogP contribution in [0.25, 0.3) is 16.6 Å². The van der Waals surface area contributed by atoms with Gasteiger partial charge in [0.1, 0.15) is 0 Å². The molecule has 0 saturated heterocycles. The first kappa shape index (κ1) is 20.1. The second kappa shape index (κ2) is 8.19. The maximum absolute atomic E-state index is 13.3. The lowest BCUT2D eigenvalue weighted by atomic mass is 10.1. The van der Waals surface area contributed by atoms with E-state index in [4.69, 9.17) is 4.98 Å². The number of thioether (sulfide) groups is 1. The molecule has 3 rings (SSSR count). The summed E-state index contributed by atoms with van der Waals surface area (Å²) >= 11 is 1.30. The zero-order valence-corrected chi connectivity index (χ0v) is 17.6. The number of nitrogens with one attached hydrogen (secondary N) is 1. The summed E-state index contributed by atoms with van der Waals surface area (Å²) in [5, 5.41) is 3.61. The van der Waals surface area contributed by atoms with E-state index in [1.807, 2.05) is 71.0 Å². The Hall–Kier alpha value is -2.60. The van der Waals surface area contributed by atoms with Crippen molar-refractivity contribution in [1.82, 2.24) is 14.9 Å². The predicted molar refractivity (Wildman–Crippen MR) is 115 cm³/mol. The molecule has 0 aliphatic rings. The molecule has 0 aliphatic carbocycles. The summed E-state index contributed by atoms with van der Waals surface area (Å²) in [6.07, 6.45) is 0. The molecule has 1 amide bonds. The third kappa shape index (κ3) is 4.12. The summed E-state index contributed by atoms with van der Waals surface area (Å²) in [5.74, 6) is -0.0745. The number of aryl methyl sites for hydroxylation is 2. The normalized spacial score (nSPS) is 12.4. The fraction of sp³-hybridized carbons (Fsp3) is 0.318. The van der Waals surface area contributed by atoms with E-state index >= 15 is 0 Å². The minimum absolute atomic E-state index is 0.0571. The standard InChI is InChI=1S/C22H25N3O2S/c1-13(2)23-20(26)16(5)28-22-24-18-9-7-6-8-17(18)21(27)25(22)19-11-10-14(3)12-15(19)4/h6-13,16H,1-5H3,(H,23,26). The number of amides is 1. The van der Waals surface area contributed by atoms with Crippen molar-refractivity contribution in [2.24, 2.45) is 0 Å². The Morgan fingerprint density at radius 1 is 1.11 bits per heavy atom. The average Bonchev–Trinajstić information content (AvgIpc) is 2.62. The number of fused-ring (bicyclic) bond motifs is 1. The SMILES string of the molecule is Cc1ccc(-n2c(SC(C)C(=O)NC(C)C)nc3ccccc3c2=O)c(C)c1. The summed E-state index contributed by atoms with van der Waals surface area (Å²) in [4.78, 5) is 30.5. The molecule has 0 fully saturated rings. The van der Waals surface area contributed by atoms with Crippen LogP contribution in [0.1, 0.15) is 31.9 Å². The van der Waals surface area contributed by atoms with E-state index in [1.165, 1.54) is 11.8 Å². The van der Waals surface area contributed by atoms with Gasteiger partial charge in [0.05, 0.1) is 21.8 Å². The Labute approximate surface area is 169 Å². The molecular weight excluding hydrogens is 370 g/mol. The molecule has 1 atom stereocenters. The van der Waals surface area contributed by atoms with Gasteiger partial charge in [-0.1, -0.05) is 41.6 Å². The van der Waals surface area contributed by atoms with E-state index in [0.29, 0.717) is 16.1 Å². The highest BCUT2D eigenvalue weighted by Crippen LogP contribution is 2.26. The van der Waals surface area contributed by atoms with Crippen LogP contribution >= 0.6 is 11.8 Å². The Morgan fingerprint density at radius 2 is 1.82 bits per heavy atom. The number of aromatic nitrogens is 2. The minimum Gasteiger partial charge on any atom is -0.353 e. The molecule has 1 aromatic heterocycles. The van der Waals surface area contributed by atoms with Gasteiger partial charge in [-0.2, -0.15) is 0 Å². The topological polar surface area (TPSA) is 64.0 Å². The van der Waals surface area contributed by atoms with E-state index in [9.17, 15) is 9.59 Å². The molecule has 0 spiro atoms. The lowest BCUT2D eigenvalue weighted by Crippen LogP contribution is -2.36. The smallest absolute Gasteiger partial charge is 0.266 e. The van der Waals surface area contributed by atoms with Crippen molar-refractivity contribution in [3.8, 4) is 5.69 Å². The minimum atomic E-state index is -0.382. The molecule has 1 heterocycles. The van der Waals surface area contributed by atoms with Crippen molar-refractivity contribution in [3.63, 3.8) is 0 Å². The quantitative estimate of drug-likeness (QED) is 0.524. The van der Waals surface area contributed by atoms with Crippen LogP contribution in [0.2, 0.25) is 0 Å². The van der Waals surface area contributed by atoms with Crippen molar-refractivity contribution in [1.29, 1.82) is 0 Å². The summed E-state index contributed by atoms with van der Waals surface area (Å²) in [6, 6.07) is 13.3. The van der Waals surface area contributed by atoms with Gasteiger partial charge in [-0.15, -0.1) is 0 Å². The highest BCUT2D eigenvalue weighted by Gasteiger charge is 2.21. The second-order valence-corrected chi connectivity index (χ2v) is 8.57. The monoisotopic (exact) mass is 395 g/mol. The summed E-state index contributed by atoms with van der Waals surface area (Å²) in [7, 11) is 0. The molecule has 2 aromatic carbocycles. The number of rotatable bonds is 5. The average molecular weight is 396 g/mol. The van der Waals surface area contributed by atoms with Gasteiger partial charge in [-0.05, 0) is 58.4 Å². The van der Waals surface area contributed by atoms with Crippen molar-refractivity contribution >= 4 is 28.6 Å². The van der Waals surface area contributed by atoms with Crippen LogP contribution in [-0.4, -0.2) is 26.8 Å². The van der Waals surface area contributed by atoms with Gasteiger partial charge in [0.15, 0.2) is 5.16 Å². The maximum atomic E-state index is 13.3. The van der Waals surface area contributed by atoms with E-state index in [-0.39, 0.29) is 22.8 Å². The second-order valence-electron chi connectivity index (χ2n) is 7.27. The lowest BCUT2D eigenvalue weighted by molar-refractivity contribution is -0.120. The number of hydrogen-bond acceptors (Lipinski definition) is 4. The van der Waals surface area contributed by atoms with Gasteiger partial charge in [-0.25, -0.2) is 4.98 Å². The van der Waals surface area contributed by atoms with E-state index in [0.717, 1.165) is 16.8 Å². The number of nitrogens with zero attached hydrogens (tertiary/aromatic N) is 2. The van der Waals surface area contributed by atoms with Gasteiger partial charge in [0.25, 0.3) is 5.56 Å². The van der Waals surface area contributed by atoms with Crippen LogP contribution in [0, 0.1) is 13.8 Å². The van der Waals surface area contributed by atoms with Crippen LogP contribution < -0.4 is 10.9 Å². The number of hydrogen-bond donors (Lipinski definition) is 1. The Balaban J connectivity index is 2.17. The van der Waals surface area contributed by atoms with Gasteiger partial charge in [-0.3, -0.25) is 14.2 Å². The molecule has 1 unspecified atom stereocenters. The Kier molecular flexibility index (Phi) is 5.89. The maximum Gasteiger partial charge on any atom is 0.266 e. The molecule has 0 bridgehead atoms. The largest absolute Gasteiger partial charge is 0.353 e. The van der Waals surface area contributed by atoms with Crippen LogP contribution in [-0.2, 0) is 4.79 Å². The zero-order valence-electron chi connectivity index (χ0n) is 16.8. The third-order valence-corrected chi connectivity index (χ3v) is 5.47. The molecule has 146 valence electrons. The van der Waals surface area contributed by atoms with Gasteiger partial charge in [0.2, 0.25) is 5.91 Å². The molecule has 3 aromatic rings. The van der Waals surface area contributed by atoms with Gasteiger partial charge in [0, 0.05) is 6.04 Å². The molecule has 0 aliphatic heterocycles. The number of carbonyl (C=O) groups excluding carboxylic acids is 1. The van der Waals surface area contributed by atoms with E-state index < -0.39 is 0 Å². The molecular formula is C22H25N3O2S. The summed E-state index contributed by atoms with van der Waals surface area (Å²) in [5.41, 5.74) is 3.40.